The molecule has 0 radical (unpaired) electrons. The summed E-state index contributed by atoms with van der Waals surface area (Å²) in [6.07, 6.45) is 15.5. The molecule has 0 aromatic heterocycles. The molecule has 6 nitrogen and oxygen atoms in total. The lowest BCUT2D eigenvalue weighted by Gasteiger charge is -2.23. The van der Waals surface area contributed by atoms with Gasteiger partial charge in [0.15, 0.2) is 0 Å². The first kappa shape index (κ1) is 32.9. The van der Waals surface area contributed by atoms with Crippen LogP contribution in [-0.2, 0) is 14.3 Å². The Labute approximate surface area is 213 Å². The van der Waals surface area contributed by atoms with Crippen molar-refractivity contribution in [2.24, 2.45) is 0 Å². The lowest BCUT2D eigenvalue weighted by atomic mass is 10.0. The summed E-state index contributed by atoms with van der Waals surface area (Å²) >= 11 is 1.33. The van der Waals surface area contributed by atoms with E-state index in [-0.39, 0.29) is 17.3 Å². The minimum absolute atomic E-state index is 0.0314. The first-order valence-corrected chi connectivity index (χ1v) is 14.6. The van der Waals surface area contributed by atoms with Crippen molar-refractivity contribution in [3.8, 4) is 0 Å². The van der Waals surface area contributed by atoms with Crippen molar-refractivity contribution < 1.29 is 19.1 Å². The van der Waals surface area contributed by atoms with Crippen molar-refractivity contribution >= 4 is 29.3 Å². The Balaban J connectivity index is 4.56. The molecule has 0 saturated carbocycles. The monoisotopic (exact) mass is 500 g/mol. The number of esters is 1. The number of carbonyl (C=O) groups excluding carboxylic acids is 3. The fraction of sp³-hybridized carbons (Fsp3) is 0.889. The van der Waals surface area contributed by atoms with E-state index >= 15 is 0 Å². The van der Waals surface area contributed by atoms with E-state index in [1.54, 1.807) is 0 Å². The highest BCUT2D eigenvalue weighted by Crippen LogP contribution is 2.17. The summed E-state index contributed by atoms with van der Waals surface area (Å²) in [7, 11) is 3.99. The van der Waals surface area contributed by atoms with Gasteiger partial charge in [-0.3, -0.25) is 9.59 Å². The molecule has 0 fully saturated rings. The SMILES string of the molecule is CCCCCCC(CCCCCC)OC(=O)CCCN(CCCCC=O)C(=O)SCCN(C)C. The number of amides is 1. The first-order chi connectivity index (χ1) is 16.4. The van der Waals surface area contributed by atoms with Crippen LogP contribution in [0, 0.1) is 0 Å². The van der Waals surface area contributed by atoms with Gasteiger partial charge in [0.05, 0.1) is 0 Å². The van der Waals surface area contributed by atoms with E-state index in [1.807, 2.05) is 19.0 Å². The maximum Gasteiger partial charge on any atom is 0.306 e. The Kier molecular flexibility index (Phi) is 22.9. The third-order valence-corrected chi connectivity index (χ3v) is 6.78. The van der Waals surface area contributed by atoms with Crippen LogP contribution in [-0.4, -0.2) is 72.9 Å². The number of thioether (sulfide) groups is 1. The van der Waals surface area contributed by atoms with Crippen LogP contribution in [0.15, 0.2) is 0 Å². The van der Waals surface area contributed by atoms with Gasteiger partial charge in [-0.15, -0.1) is 0 Å². The summed E-state index contributed by atoms with van der Waals surface area (Å²) in [4.78, 5) is 39.7. The number of ether oxygens (including phenoxy) is 1. The highest BCUT2D eigenvalue weighted by atomic mass is 32.2. The van der Waals surface area contributed by atoms with Gasteiger partial charge in [-0.1, -0.05) is 64.1 Å². The van der Waals surface area contributed by atoms with Crippen molar-refractivity contribution in [1.29, 1.82) is 0 Å². The lowest BCUT2D eigenvalue weighted by Crippen LogP contribution is -2.31. The average Bonchev–Trinajstić information content (AvgIpc) is 2.80. The van der Waals surface area contributed by atoms with E-state index in [9.17, 15) is 14.4 Å². The summed E-state index contributed by atoms with van der Waals surface area (Å²) in [6.45, 7) is 6.45. The molecule has 0 bridgehead atoms. The largest absolute Gasteiger partial charge is 0.462 e. The minimum atomic E-state index is -0.135. The standard InChI is InChI=1S/C27H52N2O4S/c1-5-7-9-12-17-25(18-13-10-8-6-2)33-26(31)19-16-21-29(20-14-11-15-23-30)27(32)34-24-22-28(3)4/h23,25H,5-22,24H2,1-4H3. The van der Waals surface area contributed by atoms with Crippen LogP contribution in [0.5, 0.6) is 0 Å². The fourth-order valence-corrected chi connectivity index (χ4v) is 4.75. The lowest BCUT2D eigenvalue weighted by molar-refractivity contribution is -0.150. The zero-order chi connectivity index (χ0) is 25.4. The molecule has 0 aliphatic heterocycles. The maximum atomic E-state index is 12.7. The van der Waals surface area contributed by atoms with Gasteiger partial charge in [0.1, 0.15) is 12.4 Å². The van der Waals surface area contributed by atoms with E-state index in [4.69, 9.17) is 4.74 Å². The maximum absolute atomic E-state index is 12.7. The second kappa shape index (κ2) is 23.7. The van der Waals surface area contributed by atoms with Gasteiger partial charge in [-0.05, 0) is 59.0 Å². The molecule has 0 spiro atoms. The summed E-state index contributed by atoms with van der Waals surface area (Å²) in [5.74, 6) is 0.612. The van der Waals surface area contributed by atoms with Crippen LogP contribution in [0.1, 0.15) is 110 Å². The molecule has 0 aromatic carbocycles. The Morgan fingerprint density at radius 3 is 2.00 bits per heavy atom. The van der Waals surface area contributed by atoms with Crippen LogP contribution < -0.4 is 0 Å². The van der Waals surface area contributed by atoms with Crippen LogP contribution in [0.3, 0.4) is 0 Å². The van der Waals surface area contributed by atoms with E-state index in [0.29, 0.717) is 32.4 Å². The molecule has 0 saturated heterocycles. The first-order valence-electron chi connectivity index (χ1n) is 13.6. The molecular weight excluding hydrogens is 448 g/mol. The van der Waals surface area contributed by atoms with Crippen molar-refractivity contribution in [1.82, 2.24) is 9.80 Å². The smallest absolute Gasteiger partial charge is 0.306 e. The van der Waals surface area contributed by atoms with Crippen LogP contribution >= 0.6 is 11.8 Å². The summed E-state index contributed by atoms with van der Waals surface area (Å²) < 4.78 is 5.87. The third kappa shape index (κ3) is 20.3. The highest BCUT2D eigenvalue weighted by molar-refractivity contribution is 8.13. The molecule has 200 valence electrons. The quantitative estimate of drug-likeness (QED) is 0.0883. The number of carbonyl (C=O) groups is 3. The molecule has 0 unspecified atom stereocenters. The number of nitrogens with zero attached hydrogens (tertiary/aromatic N) is 2. The Bertz CT molecular complexity index is 505. The molecular formula is C27H52N2O4S. The number of unbranched alkanes of at least 4 members (excludes halogenated alkanes) is 8. The predicted octanol–water partition coefficient (Wildman–Crippen LogP) is 6.71. The molecule has 1 amide bonds. The number of hydrogen-bond donors (Lipinski definition) is 0. The van der Waals surface area contributed by atoms with Gasteiger partial charge in [0.2, 0.25) is 0 Å². The molecule has 0 aliphatic carbocycles. The second-order valence-corrected chi connectivity index (χ2v) is 10.5. The van der Waals surface area contributed by atoms with Crippen LogP contribution in [0.4, 0.5) is 4.79 Å². The zero-order valence-corrected chi connectivity index (χ0v) is 23.3. The molecule has 0 N–H and O–H groups in total. The van der Waals surface area contributed by atoms with Gasteiger partial charge in [0, 0.05) is 38.2 Å². The van der Waals surface area contributed by atoms with E-state index in [0.717, 1.165) is 57.1 Å². The average molecular weight is 501 g/mol. The third-order valence-electron chi connectivity index (χ3n) is 5.89. The van der Waals surface area contributed by atoms with Crippen LogP contribution in [0.25, 0.3) is 0 Å². The van der Waals surface area contributed by atoms with Gasteiger partial charge in [0.25, 0.3) is 5.24 Å². The molecule has 0 aromatic rings. The Hall–Kier alpha value is -1.08. The summed E-state index contributed by atoms with van der Waals surface area (Å²) in [6, 6.07) is 0. The Morgan fingerprint density at radius 1 is 0.824 bits per heavy atom. The van der Waals surface area contributed by atoms with E-state index in [2.05, 4.69) is 18.7 Å². The van der Waals surface area contributed by atoms with Gasteiger partial charge >= 0.3 is 5.97 Å². The topological polar surface area (TPSA) is 66.9 Å². The van der Waals surface area contributed by atoms with Crippen molar-refractivity contribution in [2.75, 3.05) is 39.5 Å². The molecule has 0 atom stereocenters. The van der Waals surface area contributed by atoms with E-state index < -0.39 is 0 Å². The highest BCUT2D eigenvalue weighted by Gasteiger charge is 2.17. The molecule has 7 heteroatoms. The fourth-order valence-electron chi connectivity index (χ4n) is 3.75. The van der Waals surface area contributed by atoms with Crippen molar-refractivity contribution in [2.45, 2.75) is 116 Å². The van der Waals surface area contributed by atoms with E-state index in [1.165, 1.54) is 50.3 Å². The number of hydrogen-bond acceptors (Lipinski definition) is 6. The molecule has 34 heavy (non-hydrogen) atoms. The van der Waals surface area contributed by atoms with Crippen LogP contribution in [0.2, 0.25) is 0 Å². The molecule has 0 rings (SSSR count). The van der Waals surface area contributed by atoms with Crippen molar-refractivity contribution in [3.63, 3.8) is 0 Å². The van der Waals surface area contributed by atoms with Gasteiger partial charge < -0.3 is 19.3 Å². The number of aldehydes is 1. The molecule has 0 heterocycles. The minimum Gasteiger partial charge on any atom is -0.462 e. The number of rotatable bonds is 23. The van der Waals surface area contributed by atoms with Gasteiger partial charge in [-0.25, -0.2) is 0 Å². The Morgan fingerprint density at radius 2 is 1.44 bits per heavy atom. The zero-order valence-electron chi connectivity index (χ0n) is 22.5. The second-order valence-electron chi connectivity index (χ2n) is 9.48. The molecule has 0 aliphatic rings. The predicted molar refractivity (Wildman–Crippen MR) is 145 cm³/mol. The summed E-state index contributed by atoms with van der Waals surface area (Å²) in [5, 5.41) is 0.0612. The van der Waals surface area contributed by atoms with Gasteiger partial charge in [-0.2, -0.15) is 0 Å². The van der Waals surface area contributed by atoms with Crippen molar-refractivity contribution in [3.05, 3.63) is 0 Å². The normalized spacial score (nSPS) is 11.2. The summed E-state index contributed by atoms with van der Waals surface area (Å²) in [5.41, 5.74) is 0.